The monoisotopic (exact) mass is 479 g/mol. The maximum absolute atomic E-state index is 12.9. The summed E-state index contributed by atoms with van der Waals surface area (Å²) in [5, 5.41) is 6.42. The fourth-order valence-electron chi connectivity index (χ4n) is 4.24. The first kappa shape index (κ1) is 21.9. The van der Waals surface area contributed by atoms with Crippen LogP contribution in [0.4, 0.5) is 5.13 Å². The molecule has 1 aliphatic rings. The first-order chi connectivity index (χ1) is 16.0. The first-order valence-electron chi connectivity index (χ1n) is 11.2. The van der Waals surface area contributed by atoms with Crippen molar-refractivity contribution in [3.05, 3.63) is 70.4 Å². The van der Waals surface area contributed by atoms with Crippen LogP contribution in [0, 0.1) is 13.8 Å². The minimum absolute atomic E-state index is 0.161. The molecule has 3 heterocycles. The quantitative estimate of drug-likeness (QED) is 0.411. The van der Waals surface area contributed by atoms with E-state index in [2.05, 4.69) is 30.0 Å². The first-order valence-corrected chi connectivity index (χ1v) is 12.4. The largest absolute Gasteiger partial charge is 0.346 e. The van der Waals surface area contributed by atoms with Gasteiger partial charge in [0, 0.05) is 31.2 Å². The molecule has 2 aromatic carbocycles. The molecule has 0 aliphatic carbocycles. The van der Waals surface area contributed by atoms with Crippen molar-refractivity contribution in [2.75, 3.05) is 31.1 Å². The highest BCUT2D eigenvalue weighted by atomic mass is 35.5. The van der Waals surface area contributed by atoms with E-state index in [0.29, 0.717) is 18.0 Å². The van der Waals surface area contributed by atoms with Crippen LogP contribution < -0.4 is 4.90 Å². The molecule has 8 heteroatoms. The van der Waals surface area contributed by atoms with Crippen LogP contribution in [0.25, 0.3) is 16.0 Å². The Morgan fingerprint density at radius 2 is 1.88 bits per heavy atom. The zero-order chi connectivity index (χ0) is 22.9. The number of hydrogen-bond acceptors (Lipinski definition) is 5. The number of carbonyl (C=O) groups is 1. The molecule has 0 atom stereocenters. The van der Waals surface area contributed by atoms with Crippen LogP contribution in [0.15, 0.2) is 48.5 Å². The van der Waals surface area contributed by atoms with Crippen molar-refractivity contribution in [2.45, 2.75) is 26.7 Å². The van der Waals surface area contributed by atoms with E-state index in [1.165, 1.54) is 5.56 Å². The standard InChI is InChI=1S/C25H26ClN5OS/c1-17-5-3-6-21(15-17)31-24-23(18(2)28-31)33-25(27-24)30-12-4-11-29(13-14-30)22(32)16-19-7-9-20(26)10-8-19/h3,5-10,15H,4,11-14,16H2,1-2H3. The van der Waals surface area contributed by atoms with Crippen molar-refractivity contribution >= 4 is 44.3 Å². The molecule has 1 amide bonds. The molecule has 1 saturated heterocycles. The van der Waals surface area contributed by atoms with E-state index in [1.807, 2.05) is 46.8 Å². The third-order valence-corrected chi connectivity index (χ3v) is 7.48. The molecule has 0 bridgehead atoms. The highest BCUT2D eigenvalue weighted by Crippen LogP contribution is 2.33. The Balaban J connectivity index is 1.32. The predicted molar refractivity (Wildman–Crippen MR) is 135 cm³/mol. The molecule has 0 radical (unpaired) electrons. The van der Waals surface area contributed by atoms with Gasteiger partial charge in [-0.2, -0.15) is 10.1 Å². The van der Waals surface area contributed by atoms with Gasteiger partial charge in [0.25, 0.3) is 0 Å². The normalized spacial score (nSPS) is 14.6. The molecule has 33 heavy (non-hydrogen) atoms. The Morgan fingerprint density at radius 3 is 2.67 bits per heavy atom. The molecule has 4 aromatic rings. The van der Waals surface area contributed by atoms with E-state index in [-0.39, 0.29) is 5.91 Å². The Morgan fingerprint density at radius 1 is 1.06 bits per heavy atom. The average molecular weight is 480 g/mol. The third kappa shape index (κ3) is 4.61. The van der Waals surface area contributed by atoms with Crippen molar-refractivity contribution < 1.29 is 4.79 Å². The van der Waals surface area contributed by atoms with Crippen LogP contribution in [0.2, 0.25) is 5.02 Å². The highest BCUT2D eigenvalue weighted by Gasteiger charge is 2.23. The van der Waals surface area contributed by atoms with Crippen LogP contribution in [-0.4, -0.2) is 51.8 Å². The summed E-state index contributed by atoms with van der Waals surface area (Å²) in [4.78, 5) is 22.1. The van der Waals surface area contributed by atoms with Crippen molar-refractivity contribution in [1.82, 2.24) is 19.7 Å². The summed E-state index contributed by atoms with van der Waals surface area (Å²) < 4.78 is 3.06. The second-order valence-corrected chi connectivity index (χ2v) is 9.92. The van der Waals surface area contributed by atoms with E-state index in [9.17, 15) is 4.79 Å². The summed E-state index contributed by atoms with van der Waals surface area (Å²) >= 11 is 7.65. The second-order valence-electron chi connectivity index (χ2n) is 8.51. The van der Waals surface area contributed by atoms with Gasteiger partial charge in [-0.25, -0.2) is 4.68 Å². The summed E-state index contributed by atoms with van der Waals surface area (Å²) in [6, 6.07) is 15.8. The van der Waals surface area contributed by atoms with Crippen LogP contribution >= 0.6 is 22.9 Å². The molecule has 1 fully saturated rings. The lowest BCUT2D eigenvalue weighted by atomic mass is 10.1. The smallest absolute Gasteiger partial charge is 0.227 e. The average Bonchev–Trinajstić information content (AvgIpc) is 3.26. The molecular formula is C25H26ClN5OS. The number of aromatic nitrogens is 3. The highest BCUT2D eigenvalue weighted by molar-refractivity contribution is 7.22. The Hall–Kier alpha value is -2.90. The van der Waals surface area contributed by atoms with Gasteiger partial charge in [-0.1, -0.05) is 47.2 Å². The minimum Gasteiger partial charge on any atom is -0.346 e. The lowest BCUT2D eigenvalue weighted by Gasteiger charge is -2.21. The molecule has 2 aromatic heterocycles. The topological polar surface area (TPSA) is 54.3 Å². The van der Waals surface area contributed by atoms with Crippen molar-refractivity contribution in [2.24, 2.45) is 0 Å². The van der Waals surface area contributed by atoms with Gasteiger partial charge in [0.15, 0.2) is 10.8 Å². The SMILES string of the molecule is Cc1cccc(-n2nc(C)c3sc(N4CCCN(C(=O)Cc5ccc(Cl)cc5)CC4)nc32)c1. The number of anilines is 1. The molecule has 170 valence electrons. The van der Waals surface area contributed by atoms with Crippen molar-refractivity contribution in [3.63, 3.8) is 0 Å². The summed E-state index contributed by atoms with van der Waals surface area (Å²) in [6.45, 7) is 7.25. The van der Waals surface area contributed by atoms with E-state index >= 15 is 0 Å². The number of thiazole rings is 1. The molecule has 1 aliphatic heterocycles. The van der Waals surface area contributed by atoms with Gasteiger partial charge in [0.1, 0.15) is 0 Å². The van der Waals surface area contributed by atoms with E-state index in [1.54, 1.807) is 11.3 Å². The number of carbonyl (C=O) groups excluding carboxylic acids is 1. The number of hydrogen-bond donors (Lipinski definition) is 0. The van der Waals surface area contributed by atoms with Crippen LogP contribution in [-0.2, 0) is 11.2 Å². The molecule has 0 unspecified atom stereocenters. The van der Waals surface area contributed by atoms with Gasteiger partial charge in [0.05, 0.1) is 22.5 Å². The molecule has 0 saturated carbocycles. The van der Waals surface area contributed by atoms with Crippen LogP contribution in [0.3, 0.4) is 0 Å². The number of fused-ring (bicyclic) bond motifs is 1. The second kappa shape index (κ2) is 9.15. The number of amides is 1. The van der Waals surface area contributed by atoms with Gasteiger partial charge in [-0.15, -0.1) is 0 Å². The number of benzene rings is 2. The van der Waals surface area contributed by atoms with Crippen molar-refractivity contribution in [1.29, 1.82) is 0 Å². The van der Waals surface area contributed by atoms with Gasteiger partial charge >= 0.3 is 0 Å². The maximum atomic E-state index is 12.9. The number of aryl methyl sites for hydroxylation is 2. The lowest BCUT2D eigenvalue weighted by molar-refractivity contribution is -0.130. The Kier molecular flexibility index (Phi) is 6.08. The Labute approximate surface area is 202 Å². The number of rotatable bonds is 4. The van der Waals surface area contributed by atoms with E-state index in [0.717, 1.165) is 58.5 Å². The summed E-state index contributed by atoms with van der Waals surface area (Å²) in [7, 11) is 0. The summed E-state index contributed by atoms with van der Waals surface area (Å²) in [6.07, 6.45) is 1.33. The number of nitrogens with zero attached hydrogens (tertiary/aromatic N) is 5. The zero-order valence-electron chi connectivity index (χ0n) is 18.8. The maximum Gasteiger partial charge on any atom is 0.227 e. The lowest BCUT2D eigenvalue weighted by Crippen LogP contribution is -2.36. The molecule has 0 spiro atoms. The fourth-order valence-corrected chi connectivity index (χ4v) is 5.41. The van der Waals surface area contributed by atoms with Crippen LogP contribution in [0.1, 0.15) is 23.2 Å². The van der Waals surface area contributed by atoms with E-state index in [4.69, 9.17) is 21.7 Å². The van der Waals surface area contributed by atoms with Crippen molar-refractivity contribution in [3.8, 4) is 5.69 Å². The zero-order valence-corrected chi connectivity index (χ0v) is 20.4. The van der Waals surface area contributed by atoms with E-state index < -0.39 is 0 Å². The molecule has 5 rings (SSSR count). The van der Waals surface area contributed by atoms with Crippen LogP contribution in [0.5, 0.6) is 0 Å². The molecule has 0 N–H and O–H groups in total. The van der Waals surface area contributed by atoms with Gasteiger partial charge < -0.3 is 9.80 Å². The van der Waals surface area contributed by atoms with Gasteiger partial charge in [-0.05, 0) is 55.7 Å². The fraction of sp³-hybridized carbons (Fsp3) is 0.320. The summed E-state index contributed by atoms with van der Waals surface area (Å²) in [5.41, 5.74) is 5.11. The Bertz CT molecular complexity index is 1300. The molecular weight excluding hydrogens is 454 g/mol. The van der Waals surface area contributed by atoms with Gasteiger partial charge in [-0.3, -0.25) is 4.79 Å². The third-order valence-electron chi connectivity index (χ3n) is 6.01. The minimum atomic E-state index is 0.161. The predicted octanol–water partition coefficient (Wildman–Crippen LogP) is 5.03. The number of halogens is 1. The molecule has 6 nitrogen and oxygen atoms in total. The summed E-state index contributed by atoms with van der Waals surface area (Å²) in [5.74, 6) is 0.161. The van der Waals surface area contributed by atoms with Gasteiger partial charge in [0.2, 0.25) is 5.91 Å².